The van der Waals surface area contributed by atoms with Crippen molar-refractivity contribution < 1.29 is 9.53 Å². The third-order valence-electron chi connectivity index (χ3n) is 5.09. The molecule has 1 atom stereocenters. The summed E-state index contributed by atoms with van der Waals surface area (Å²) in [5.41, 5.74) is 0.695. The van der Waals surface area contributed by atoms with Gasteiger partial charge in [-0.1, -0.05) is 31.9 Å². The number of ether oxygens (including phenoxy) is 1. The summed E-state index contributed by atoms with van der Waals surface area (Å²) >= 11 is 0. The van der Waals surface area contributed by atoms with E-state index < -0.39 is 0 Å². The van der Waals surface area contributed by atoms with Crippen LogP contribution in [-0.2, 0) is 11.2 Å². The van der Waals surface area contributed by atoms with E-state index in [1.165, 1.54) is 12.8 Å². The molecule has 0 aliphatic heterocycles. The van der Waals surface area contributed by atoms with Gasteiger partial charge in [0.15, 0.2) is 5.82 Å². The second kappa shape index (κ2) is 9.48. The lowest BCUT2D eigenvalue weighted by atomic mass is 10.2. The molecular weight excluding hydrogens is 356 g/mol. The highest BCUT2D eigenvalue weighted by molar-refractivity contribution is 5.76. The Bertz CT molecular complexity index is 859. The van der Waals surface area contributed by atoms with Gasteiger partial charge in [-0.3, -0.25) is 9.59 Å². The summed E-state index contributed by atoms with van der Waals surface area (Å²) in [6, 6.07) is 7.69. The lowest BCUT2D eigenvalue weighted by Gasteiger charge is -2.13. The van der Waals surface area contributed by atoms with Crippen molar-refractivity contribution in [2.45, 2.75) is 70.9 Å². The van der Waals surface area contributed by atoms with E-state index in [-0.39, 0.29) is 42.1 Å². The zero-order chi connectivity index (χ0) is 19.9. The molecule has 1 heterocycles. The molecule has 0 spiro atoms. The smallest absolute Gasteiger partial charge is 0.273 e. The summed E-state index contributed by atoms with van der Waals surface area (Å²) in [5.74, 6) is 1.08. The zero-order valence-corrected chi connectivity index (χ0v) is 16.5. The van der Waals surface area contributed by atoms with E-state index in [4.69, 9.17) is 4.74 Å². The van der Waals surface area contributed by atoms with Gasteiger partial charge in [0.2, 0.25) is 5.91 Å². The minimum Gasteiger partial charge on any atom is -0.491 e. The van der Waals surface area contributed by atoms with Gasteiger partial charge in [0.25, 0.3) is 5.56 Å². The maximum absolute atomic E-state index is 12.4. The average molecular weight is 384 g/mol. The first-order valence-corrected chi connectivity index (χ1v) is 10.1. The first-order valence-electron chi connectivity index (χ1n) is 10.1. The Morgan fingerprint density at radius 2 is 2.11 bits per heavy atom. The standard InChI is InChI=1S/C21H28N4O3/c1-3-14(2)28-17-10-6-7-15(13-17)20-23-21(27)18(24-25-20)11-12-19(26)22-16-8-4-5-9-16/h6-7,10,13-14,16H,3-5,8-9,11-12H2,1-2H3,(H,22,26)(H,23,25,27). The molecule has 1 aromatic carbocycles. The van der Waals surface area contributed by atoms with Crippen molar-refractivity contribution in [3.63, 3.8) is 0 Å². The molecule has 1 saturated carbocycles. The molecule has 0 saturated heterocycles. The van der Waals surface area contributed by atoms with E-state index in [1.807, 2.05) is 31.2 Å². The van der Waals surface area contributed by atoms with Crippen LogP contribution in [0.1, 0.15) is 58.1 Å². The zero-order valence-electron chi connectivity index (χ0n) is 16.5. The molecule has 28 heavy (non-hydrogen) atoms. The maximum Gasteiger partial charge on any atom is 0.273 e. The summed E-state index contributed by atoms with van der Waals surface area (Å²) in [6.07, 6.45) is 5.95. The normalized spacial score (nSPS) is 15.4. The van der Waals surface area contributed by atoms with Gasteiger partial charge in [-0.05, 0) is 38.3 Å². The van der Waals surface area contributed by atoms with E-state index in [1.54, 1.807) is 0 Å². The van der Waals surface area contributed by atoms with E-state index in [0.29, 0.717) is 5.82 Å². The molecule has 0 bridgehead atoms. The molecule has 7 nitrogen and oxygen atoms in total. The second-order valence-electron chi connectivity index (χ2n) is 7.36. The lowest BCUT2D eigenvalue weighted by molar-refractivity contribution is -0.121. The highest BCUT2D eigenvalue weighted by atomic mass is 16.5. The van der Waals surface area contributed by atoms with Crippen molar-refractivity contribution in [2.75, 3.05) is 0 Å². The molecule has 150 valence electrons. The second-order valence-corrected chi connectivity index (χ2v) is 7.36. The van der Waals surface area contributed by atoms with Crippen molar-refractivity contribution in [2.24, 2.45) is 0 Å². The predicted molar refractivity (Wildman–Crippen MR) is 107 cm³/mol. The molecule has 7 heteroatoms. The van der Waals surface area contributed by atoms with Crippen LogP contribution in [0, 0.1) is 0 Å². The van der Waals surface area contributed by atoms with Crippen molar-refractivity contribution in [3.05, 3.63) is 40.3 Å². The van der Waals surface area contributed by atoms with Crippen molar-refractivity contribution in [1.29, 1.82) is 0 Å². The molecule has 1 fully saturated rings. The topological polar surface area (TPSA) is 97.0 Å². The SMILES string of the molecule is CCC(C)Oc1cccc(-c2nnc(CCC(=O)NC3CCCC3)c(=O)[nH]2)c1. The molecule has 1 aliphatic rings. The Morgan fingerprint density at radius 1 is 1.32 bits per heavy atom. The highest BCUT2D eigenvalue weighted by Crippen LogP contribution is 2.21. The number of aryl methyl sites for hydroxylation is 1. The summed E-state index contributed by atoms with van der Waals surface area (Å²) in [7, 11) is 0. The number of nitrogens with zero attached hydrogens (tertiary/aromatic N) is 2. The van der Waals surface area contributed by atoms with Crippen molar-refractivity contribution >= 4 is 5.91 Å². The van der Waals surface area contributed by atoms with Gasteiger partial charge < -0.3 is 15.0 Å². The summed E-state index contributed by atoms with van der Waals surface area (Å²) < 4.78 is 5.81. The number of benzene rings is 1. The number of aromatic amines is 1. The largest absolute Gasteiger partial charge is 0.491 e. The molecule has 3 rings (SSSR count). The van der Waals surface area contributed by atoms with Gasteiger partial charge in [-0.2, -0.15) is 0 Å². The molecule has 1 unspecified atom stereocenters. The van der Waals surface area contributed by atoms with Gasteiger partial charge in [0, 0.05) is 24.4 Å². The van der Waals surface area contributed by atoms with Crippen LogP contribution in [0.25, 0.3) is 11.4 Å². The summed E-state index contributed by atoms with van der Waals surface area (Å²) in [6.45, 7) is 4.07. The third-order valence-corrected chi connectivity index (χ3v) is 5.09. The Balaban J connectivity index is 1.63. The van der Waals surface area contributed by atoms with Crippen LogP contribution < -0.4 is 15.6 Å². The van der Waals surface area contributed by atoms with Gasteiger partial charge >= 0.3 is 0 Å². The van der Waals surface area contributed by atoms with Crippen LogP contribution in [0.15, 0.2) is 29.1 Å². The monoisotopic (exact) mass is 384 g/mol. The highest BCUT2D eigenvalue weighted by Gasteiger charge is 2.17. The number of aromatic nitrogens is 3. The van der Waals surface area contributed by atoms with Crippen LogP contribution in [-0.4, -0.2) is 33.2 Å². The molecular formula is C21H28N4O3. The number of nitrogens with one attached hydrogen (secondary N) is 2. The number of amides is 1. The van der Waals surface area contributed by atoms with Gasteiger partial charge in [0.1, 0.15) is 11.4 Å². The number of rotatable bonds is 8. The number of H-pyrrole nitrogens is 1. The maximum atomic E-state index is 12.4. The number of hydrogen-bond acceptors (Lipinski definition) is 5. The minimum atomic E-state index is -0.313. The molecule has 2 aromatic rings. The fourth-order valence-corrected chi connectivity index (χ4v) is 3.29. The predicted octanol–water partition coefficient (Wildman–Crippen LogP) is 3.00. The van der Waals surface area contributed by atoms with E-state index in [9.17, 15) is 9.59 Å². The molecule has 1 aliphatic carbocycles. The van der Waals surface area contributed by atoms with E-state index in [0.717, 1.165) is 30.6 Å². The fraction of sp³-hybridized carbons (Fsp3) is 0.524. The van der Waals surface area contributed by atoms with Gasteiger partial charge in [-0.15, -0.1) is 10.2 Å². The van der Waals surface area contributed by atoms with Crippen LogP contribution in [0.5, 0.6) is 5.75 Å². The van der Waals surface area contributed by atoms with Crippen LogP contribution >= 0.6 is 0 Å². The molecule has 2 N–H and O–H groups in total. The molecule has 0 radical (unpaired) electrons. The summed E-state index contributed by atoms with van der Waals surface area (Å²) in [4.78, 5) is 27.2. The van der Waals surface area contributed by atoms with Crippen LogP contribution in [0.3, 0.4) is 0 Å². The van der Waals surface area contributed by atoms with E-state index >= 15 is 0 Å². The van der Waals surface area contributed by atoms with Gasteiger partial charge in [0.05, 0.1) is 6.10 Å². The fourth-order valence-electron chi connectivity index (χ4n) is 3.29. The quantitative estimate of drug-likeness (QED) is 0.729. The Morgan fingerprint density at radius 3 is 2.82 bits per heavy atom. The number of carbonyl (C=O) groups excluding carboxylic acids is 1. The van der Waals surface area contributed by atoms with Crippen molar-refractivity contribution in [3.8, 4) is 17.1 Å². The minimum absolute atomic E-state index is 0.0351. The third kappa shape index (κ3) is 5.41. The Kier molecular flexibility index (Phi) is 6.79. The van der Waals surface area contributed by atoms with Gasteiger partial charge in [-0.25, -0.2) is 0 Å². The first-order chi connectivity index (χ1) is 13.5. The Labute approximate surface area is 164 Å². The van der Waals surface area contributed by atoms with Crippen LogP contribution in [0.2, 0.25) is 0 Å². The van der Waals surface area contributed by atoms with E-state index in [2.05, 4.69) is 27.4 Å². The number of carbonyl (C=O) groups is 1. The Hall–Kier alpha value is -2.70. The number of hydrogen-bond donors (Lipinski definition) is 2. The summed E-state index contributed by atoms with van der Waals surface area (Å²) in [5, 5.41) is 11.2. The molecule has 1 amide bonds. The molecule has 1 aromatic heterocycles. The van der Waals surface area contributed by atoms with Crippen LogP contribution in [0.4, 0.5) is 0 Å². The first kappa shape index (κ1) is 20.0. The van der Waals surface area contributed by atoms with Crippen molar-refractivity contribution in [1.82, 2.24) is 20.5 Å². The average Bonchev–Trinajstić information content (AvgIpc) is 3.20. The lowest BCUT2D eigenvalue weighted by Crippen LogP contribution is -2.33.